The molecular weight excluding hydrogens is 604 g/mol. The van der Waals surface area contributed by atoms with Crippen LogP contribution in [0.4, 0.5) is 0 Å². The smallest absolute Gasteiger partial charge is 0.334 e. The predicted octanol–water partition coefficient (Wildman–Crippen LogP) is 7.22. The predicted molar refractivity (Wildman–Crippen MR) is 193 cm³/mol. The number of likely N-dealkylation sites (N-methyl/N-ethyl adjacent to an activating group) is 2. The summed E-state index contributed by atoms with van der Waals surface area (Å²) in [6.07, 6.45) is 5.75. The SMILES string of the molecule is C=C(CN(C)C)C(=O)OCCOc1ccc(-c2ccc(-c3ccc(OCCOC(=O)C(=C)CN(C)C)cc3)c(CCCCCC)c2)cc1. The second kappa shape index (κ2) is 20.1. The van der Waals surface area contributed by atoms with Gasteiger partial charge < -0.3 is 28.7 Å². The van der Waals surface area contributed by atoms with Gasteiger partial charge in [-0.3, -0.25) is 0 Å². The van der Waals surface area contributed by atoms with Gasteiger partial charge in [0.05, 0.1) is 0 Å². The minimum atomic E-state index is -0.404. The van der Waals surface area contributed by atoms with Crippen LogP contribution in [0.2, 0.25) is 0 Å². The number of rotatable bonds is 21. The van der Waals surface area contributed by atoms with Gasteiger partial charge in [0.2, 0.25) is 0 Å². The van der Waals surface area contributed by atoms with Gasteiger partial charge in [-0.15, -0.1) is 0 Å². The van der Waals surface area contributed by atoms with Gasteiger partial charge in [0, 0.05) is 24.2 Å². The molecule has 0 saturated carbocycles. The van der Waals surface area contributed by atoms with E-state index in [9.17, 15) is 9.59 Å². The molecule has 0 aliphatic rings. The van der Waals surface area contributed by atoms with E-state index in [1.807, 2.05) is 62.3 Å². The zero-order valence-corrected chi connectivity index (χ0v) is 29.4. The van der Waals surface area contributed by atoms with E-state index in [2.05, 4.69) is 62.5 Å². The van der Waals surface area contributed by atoms with Gasteiger partial charge in [-0.1, -0.05) is 81.8 Å². The molecule has 0 aromatic heterocycles. The summed E-state index contributed by atoms with van der Waals surface area (Å²) >= 11 is 0. The maximum absolute atomic E-state index is 12.0. The van der Waals surface area contributed by atoms with Gasteiger partial charge in [-0.2, -0.15) is 0 Å². The molecule has 0 saturated heterocycles. The number of ether oxygens (including phenoxy) is 4. The molecule has 0 fully saturated rings. The van der Waals surface area contributed by atoms with Crippen LogP contribution in [-0.4, -0.2) is 89.4 Å². The first-order chi connectivity index (χ1) is 23.1. The van der Waals surface area contributed by atoms with Crippen molar-refractivity contribution in [2.75, 3.05) is 67.7 Å². The fourth-order valence-corrected chi connectivity index (χ4v) is 5.16. The van der Waals surface area contributed by atoms with Crippen LogP contribution in [0.3, 0.4) is 0 Å². The summed E-state index contributed by atoms with van der Waals surface area (Å²) in [5.41, 5.74) is 6.72. The Hall–Kier alpha value is -4.40. The quantitative estimate of drug-likeness (QED) is 0.0676. The summed E-state index contributed by atoms with van der Waals surface area (Å²) in [4.78, 5) is 27.8. The highest BCUT2D eigenvalue weighted by molar-refractivity contribution is 5.88. The Balaban J connectivity index is 1.61. The second-order valence-corrected chi connectivity index (χ2v) is 12.4. The van der Waals surface area contributed by atoms with Gasteiger partial charge in [0.1, 0.15) is 37.9 Å². The molecule has 3 rings (SSSR count). The maximum atomic E-state index is 12.0. The molecule has 0 amide bonds. The highest BCUT2D eigenvalue weighted by atomic mass is 16.6. The number of unbranched alkanes of at least 4 members (excludes halogenated alkanes) is 3. The van der Waals surface area contributed by atoms with Crippen molar-refractivity contribution in [2.24, 2.45) is 0 Å². The standard InChI is InChI=1S/C40H52N2O6/c1-8-9-10-11-12-35-27-34(32-13-18-36(19-14-32)45-23-25-47-39(43)30(2)28-41(4)5)17-22-38(35)33-15-20-37(21-16-33)46-24-26-48-40(44)31(3)29-42(6)7/h13-22,27H,2-3,8-12,23-26,28-29H2,1,4-7H3. The van der Waals surface area contributed by atoms with Gasteiger partial charge in [0.15, 0.2) is 0 Å². The third-order valence-corrected chi connectivity index (χ3v) is 7.52. The molecular formula is C40H52N2O6. The van der Waals surface area contributed by atoms with Crippen LogP contribution in [0.15, 0.2) is 91.0 Å². The van der Waals surface area contributed by atoms with Crippen molar-refractivity contribution >= 4 is 11.9 Å². The Morgan fingerprint density at radius 2 is 1.08 bits per heavy atom. The minimum Gasteiger partial charge on any atom is -0.490 e. The highest BCUT2D eigenvalue weighted by Gasteiger charge is 2.12. The highest BCUT2D eigenvalue weighted by Crippen LogP contribution is 2.32. The number of benzene rings is 3. The van der Waals surface area contributed by atoms with Crippen molar-refractivity contribution in [3.8, 4) is 33.8 Å². The molecule has 8 nitrogen and oxygen atoms in total. The first-order valence-corrected chi connectivity index (χ1v) is 16.7. The molecule has 0 heterocycles. The fourth-order valence-electron chi connectivity index (χ4n) is 5.16. The van der Waals surface area contributed by atoms with Gasteiger partial charge in [-0.05, 0) is 93.1 Å². The third-order valence-electron chi connectivity index (χ3n) is 7.52. The van der Waals surface area contributed by atoms with Crippen LogP contribution >= 0.6 is 0 Å². The van der Waals surface area contributed by atoms with Gasteiger partial charge in [0.25, 0.3) is 0 Å². The Morgan fingerprint density at radius 3 is 1.56 bits per heavy atom. The van der Waals surface area contributed by atoms with E-state index in [1.54, 1.807) is 0 Å². The summed E-state index contributed by atoms with van der Waals surface area (Å²) in [6.45, 7) is 11.6. The van der Waals surface area contributed by atoms with E-state index in [1.165, 1.54) is 30.4 Å². The molecule has 0 unspecified atom stereocenters. The minimum absolute atomic E-state index is 0.159. The van der Waals surface area contributed by atoms with Crippen molar-refractivity contribution in [3.63, 3.8) is 0 Å². The van der Waals surface area contributed by atoms with Crippen LogP contribution in [0.1, 0.15) is 38.2 Å². The Bertz CT molecular complexity index is 1480. The molecule has 0 radical (unpaired) electrons. The number of esters is 2. The van der Waals surface area contributed by atoms with E-state index in [0.717, 1.165) is 35.3 Å². The van der Waals surface area contributed by atoms with E-state index in [0.29, 0.717) is 30.0 Å². The Kier molecular flexibility index (Phi) is 15.9. The third kappa shape index (κ3) is 13.0. The Morgan fingerprint density at radius 1 is 0.604 bits per heavy atom. The van der Waals surface area contributed by atoms with Crippen LogP contribution < -0.4 is 9.47 Å². The van der Waals surface area contributed by atoms with Crippen molar-refractivity contribution in [2.45, 2.75) is 39.0 Å². The lowest BCUT2D eigenvalue weighted by atomic mass is 9.92. The average Bonchev–Trinajstić information content (AvgIpc) is 3.06. The zero-order chi connectivity index (χ0) is 34.9. The zero-order valence-electron chi connectivity index (χ0n) is 29.4. The molecule has 8 heteroatoms. The monoisotopic (exact) mass is 656 g/mol. The molecule has 0 aliphatic carbocycles. The summed E-state index contributed by atoms with van der Waals surface area (Å²) in [7, 11) is 7.51. The molecule has 3 aromatic rings. The fraction of sp³-hybridized carbons (Fsp3) is 0.400. The lowest BCUT2D eigenvalue weighted by molar-refractivity contribution is -0.140. The molecule has 48 heavy (non-hydrogen) atoms. The van der Waals surface area contributed by atoms with E-state index >= 15 is 0 Å². The van der Waals surface area contributed by atoms with Crippen LogP contribution in [-0.2, 0) is 25.5 Å². The van der Waals surface area contributed by atoms with Gasteiger partial charge >= 0.3 is 11.9 Å². The first-order valence-electron chi connectivity index (χ1n) is 16.7. The lowest BCUT2D eigenvalue weighted by Gasteiger charge is -2.14. The Labute approximate surface area is 286 Å². The number of nitrogens with zero attached hydrogens (tertiary/aromatic N) is 2. The molecule has 0 N–H and O–H groups in total. The van der Waals surface area contributed by atoms with Crippen LogP contribution in [0.5, 0.6) is 11.5 Å². The number of carbonyl (C=O) groups excluding carboxylic acids is 2. The number of carbonyl (C=O) groups is 2. The number of hydrogen-bond donors (Lipinski definition) is 0. The van der Waals surface area contributed by atoms with Crippen molar-refractivity contribution in [1.82, 2.24) is 9.80 Å². The average molecular weight is 657 g/mol. The molecule has 0 atom stereocenters. The van der Waals surface area contributed by atoms with E-state index in [4.69, 9.17) is 18.9 Å². The number of aryl methyl sites for hydroxylation is 1. The van der Waals surface area contributed by atoms with Crippen molar-refractivity contribution in [3.05, 3.63) is 96.6 Å². The maximum Gasteiger partial charge on any atom is 0.334 e. The largest absolute Gasteiger partial charge is 0.490 e. The summed E-state index contributed by atoms with van der Waals surface area (Å²) in [5.74, 6) is 0.630. The topological polar surface area (TPSA) is 77.5 Å². The summed E-state index contributed by atoms with van der Waals surface area (Å²) in [5, 5.41) is 0. The van der Waals surface area contributed by atoms with Crippen molar-refractivity contribution in [1.29, 1.82) is 0 Å². The summed E-state index contributed by atoms with van der Waals surface area (Å²) < 4.78 is 22.2. The van der Waals surface area contributed by atoms with Gasteiger partial charge in [-0.25, -0.2) is 9.59 Å². The number of hydrogen-bond acceptors (Lipinski definition) is 8. The van der Waals surface area contributed by atoms with Crippen LogP contribution in [0.25, 0.3) is 22.3 Å². The molecule has 0 bridgehead atoms. The van der Waals surface area contributed by atoms with E-state index in [-0.39, 0.29) is 26.4 Å². The lowest BCUT2D eigenvalue weighted by Crippen LogP contribution is -2.22. The normalized spacial score (nSPS) is 11.0. The second-order valence-electron chi connectivity index (χ2n) is 12.4. The summed E-state index contributed by atoms with van der Waals surface area (Å²) in [6, 6.07) is 22.7. The van der Waals surface area contributed by atoms with E-state index < -0.39 is 11.9 Å². The van der Waals surface area contributed by atoms with Crippen LogP contribution in [0, 0.1) is 0 Å². The molecule has 0 spiro atoms. The van der Waals surface area contributed by atoms with Crippen molar-refractivity contribution < 1.29 is 28.5 Å². The molecule has 0 aliphatic heterocycles. The molecule has 258 valence electrons. The molecule has 3 aromatic carbocycles. The first kappa shape index (κ1) is 38.1.